The van der Waals surface area contributed by atoms with E-state index < -0.39 is 0 Å². The van der Waals surface area contributed by atoms with Crippen LogP contribution >= 0.6 is 11.8 Å². The lowest BCUT2D eigenvalue weighted by atomic mass is 10.0. The van der Waals surface area contributed by atoms with Crippen molar-refractivity contribution >= 4 is 11.8 Å². The summed E-state index contributed by atoms with van der Waals surface area (Å²) < 4.78 is 0. The van der Waals surface area contributed by atoms with Gasteiger partial charge in [-0.2, -0.15) is 0 Å². The van der Waals surface area contributed by atoms with Crippen LogP contribution in [-0.2, 0) is 0 Å². The van der Waals surface area contributed by atoms with Gasteiger partial charge in [0.2, 0.25) is 0 Å². The fraction of sp³-hybridized carbons (Fsp3) is 0.333. The molecule has 0 saturated carbocycles. The highest BCUT2D eigenvalue weighted by molar-refractivity contribution is 7.98. The van der Waals surface area contributed by atoms with Crippen LogP contribution in [0.25, 0.3) is 0 Å². The Kier molecular flexibility index (Phi) is 4.06. The second-order valence-corrected chi connectivity index (χ2v) is 3.87. The maximum atomic E-state index is 8.61. The Morgan fingerprint density at radius 3 is 2.57 bits per heavy atom. The summed E-state index contributed by atoms with van der Waals surface area (Å²) in [6.07, 6.45) is 2.07. The van der Waals surface area contributed by atoms with Gasteiger partial charge in [-0.05, 0) is 43.4 Å². The van der Waals surface area contributed by atoms with Crippen molar-refractivity contribution in [2.75, 3.05) is 12.9 Å². The van der Waals surface area contributed by atoms with Gasteiger partial charge >= 0.3 is 0 Å². The lowest BCUT2D eigenvalue weighted by Crippen LogP contribution is -1.90. The molecule has 0 radical (unpaired) electrons. The van der Waals surface area contributed by atoms with Crippen molar-refractivity contribution in [1.82, 2.24) is 0 Å². The topological polar surface area (TPSA) is 20.2 Å². The maximum Gasteiger partial charge on any atom is 0.104 e. The predicted octanol–water partition coefficient (Wildman–Crippen LogP) is 2.37. The number of aliphatic hydroxyl groups is 1. The minimum atomic E-state index is -0.0806. The van der Waals surface area contributed by atoms with Crippen molar-refractivity contribution in [3.8, 4) is 11.8 Å². The molecule has 1 N–H and O–H groups in total. The molecule has 0 aliphatic rings. The molecule has 0 atom stereocenters. The molecule has 2 heteroatoms. The summed E-state index contributed by atoms with van der Waals surface area (Å²) in [5.41, 5.74) is 3.49. The van der Waals surface area contributed by atoms with E-state index in [-0.39, 0.29) is 6.61 Å². The van der Waals surface area contributed by atoms with Crippen molar-refractivity contribution in [1.29, 1.82) is 0 Å². The number of rotatable bonds is 1. The molecular formula is C12H14OS. The van der Waals surface area contributed by atoms with E-state index in [0.717, 1.165) is 5.56 Å². The third kappa shape index (κ3) is 2.31. The van der Waals surface area contributed by atoms with Gasteiger partial charge in [0.25, 0.3) is 0 Å². The lowest BCUT2D eigenvalue weighted by molar-refractivity contribution is 0.350. The molecule has 14 heavy (non-hydrogen) atoms. The van der Waals surface area contributed by atoms with E-state index >= 15 is 0 Å². The minimum Gasteiger partial charge on any atom is -0.384 e. The molecule has 0 saturated heterocycles. The third-order valence-electron chi connectivity index (χ3n) is 2.26. The van der Waals surface area contributed by atoms with Gasteiger partial charge in [0, 0.05) is 10.5 Å². The Morgan fingerprint density at radius 2 is 2.00 bits per heavy atom. The van der Waals surface area contributed by atoms with Gasteiger partial charge < -0.3 is 5.11 Å². The highest BCUT2D eigenvalue weighted by Gasteiger charge is 2.03. The number of thioether (sulfide) groups is 1. The molecule has 0 unspecified atom stereocenters. The van der Waals surface area contributed by atoms with Crippen LogP contribution in [0.15, 0.2) is 17.0 Å². The first-order valence-electron chi connectivity index (χ1n) is 4.44. The average molecular weight is 206 g/mol. The number of aliphatic hydroxyl groups excluding tert-OH is 1. The highest BCUT2D eigenvalue weighted by Crippen LogP contribution is 2.24. The van der Waals surface area contributed by atoms with Crippen LogP contribution in [0.4, 0.5) is 0 Å². The monoisotopic (exact) mass is 206 g/mol. The lowest BCUT2D eigenvalue weighted by Gasteiger charge is -2.07. The van der Waals surface area contributed by atoms with E-state index in [1.807, 2.05) is 6.07 Å². The first kappa shape index (κ1) is 11.2. The van der Waals surface area contributed by atoms with Gasteiger partial charge in [-0.1, -0.05) is 11.8 Å². The second kappa shape index (κ2) is 5.09. The molecule has 1 aromatic carbocycles. The summed E-state index contributed by atoms with van der Waals surface area (Å²) in [6.45, 7) is 4.09. The first-order chi connectivity index (χ1) is 6.70. The SMILES string of the molecule is CSc1ccc(C#CCO)c(C)c1C. The highest BCUT2D eigenvalue weighted by atomic mass is 32.2. The molecule has 1 nitrogen and oxygen atoms in total. The molecule has 74 valence electrons. The summed E-state index contributed by atoms with van der Waals surface area (Å²) in [4.78, 5) is 1.29. The van der Waals surface area contributed by atoms with E-state index in [1.165, 1.54) is 16.0 Å². The number of hydrogen-bond donors (Lipinski definition) is 1. The van der Waals surface area contributed by atoms with E-state index in [4.69, 9.17) is 5.11 Å². The van der Waals surface area contributed by atoms with Gasteiger partial charge in [-0.15, -0.1) is 11.8 Å². The van der Waals surface area contributed by atoms with Crippen molar-refractivity contribution in [3.05, 3.63) is 28.8 Å². The van der Waals surface area contributed by atoms with Crippen LogP contribution in [0.2, 0.25) is 0 Å². The van der Waals surface area contributed by atoms with Crippen LogP contribution < -0.4 is 0 Å². The summed E-state index contributed by atoms with van der Waals surface area (Å²) in [5, 5.41) is 8.61. The molecule has 0 bridgehead atoms. The average Bonchev–Trinajstić information content (AvgIpc) is 2.20. The maximum absolute atomic E-state index is 8.61. The van der Waals surface area contributed by atoms with Crippen LogP contribution in [0.3, 0.4) is 0 Å². The quantitative estimate of drug-likeness (QED) is 0.562. The van der Waals surface area contributed by atoms with Crippen molar-refractivity contribution in [2.45, 2.75) is 18.7 Å². The Labute approximate surface area is 89.5 Å². The molecule has 0 aliphatic carbocycles. The fourth-order valence-electron chi connectivity index (χ4n) is 1.29. The summed E-state index contributed by atoms with van der Waals surface area (Å²) in [6, 6.07) is 4.09. The largest absolute Gasteiger partial charge is 0.384 e. The third-order valence-corrected chi connectivity index (χ3v) is 3.14. The smallest absolute Gasteiger partial charge is 0.104 e. The predicted molar refractivity (Wildman–Crippen MR) is 61.7 cm³/mol. The molecule has 0 aromatic heterocycles. The normalized spacial score (nSPS) is 9.43. The zero-order chi connectivity index (χ0) is 10.6. The van der Waals surface area contributed by atoms with Gasteiger partial charge in [0.1, 0.15) is 6.61 Å². The van der Waals surface area contributed by atoms with Crippen LogP contribution in [0, 0.1) is 25.7 Å². The summed E-state index contributed by atoms with van der Waals surface area (Å²) in [7, 11) is 0. The first-order valence-corrected chi connectivity index (χ1v) is 5.67. The van der Waals surface area contributed by atoms with Crippen LogP contribution in [0.5, 0.6) is 0 Å². The van der Waals surface area contributed by atoms with Crippen molar-refractivity contribution in [3.63, 3.8) is 0 Å². The van der Waals surface area contributed by atoms with Crippen LogP contribution in [-0.4, -0.2) is 18.0 Å². The molecule has 1 aromatic rings. The van der Waals surface area contributed by atoms with Gasteiger partial charge in [-0.25, -0.2) is 0 Å². The van der Waals surface area contributed by atoms with Crippen molar-refractivity contribution < 1.29 is 5.11 Å². The summed E-state index contributed by atoms with van der Waals surface area (Å²) >= 11 is 1.74. The molecule has 0 amide bonds. The number of benzene rings is 1. The Bertz CT molecular complexity index is 385. The number of hydrogen-bond acceptors (Lipinski definition) is 2. The second-order valence-electron chi connectivity index (χ2n) is 3.03. The molecule has 0 heterocycles. The van der Waals surface area contributed by atoms with Gasteiger partial charge in [0.15, 0.2) is 0 Å². The molecule has 0 aliphatic heterocycles. The van der Waals surface area contributed by atoms with Gasteiger partial charge in [-0.3, -0.25) is 0 Å². The standard InChI is InChI=1S/C12H14OS/c1-9-10(2)12(14-3)7-6-11(9)5-4-8-13/h6-7,13H,8H2,1-3H3. The Morgan fingerprint density at radius 1 is 1.29 bits per heavy atom. The Hall–Kier alpha value is -0.910. The minimum absolute atomic E-state index is 0.0806. The van der Waals surface area contributed by atoms with E-state index in [1.54, 1.807) is 11.8 Å². The molecule has 1 rings (SSSR count). The molecular weight excluding hydrogens is 192 g/mol. The van der Waals surface area contributed by atoms with Crippen molar-refractivity contribution in [2.24, 2.45) is 0 Å². The van der Waals surface area contributed by atoms with E-state index in [0.29, 0.717) is 0 Å². The summed E-state index contributed by atoms with van der Waals surface area (Å²) in [5.74, 6) is 5.61. The van der Waals surface area contributed by atoms with Crippen LogP contribution in [0.1, 0.15) is 16.7 Å². The fourth-order valence-corrected chi connectivity index (χ4v) is 1.95. The Balaban J connectivity index is 3.17. The zero-order valence-electron chi connectivity index (χ0n) is 8.72. The molecule has 0 fully saturated rings. The van der Waals surface area contributed by atoms with E-state index in [9.17, 15) is 0 Å². The van der Waals surface area contributed by atoms with Gasteiger partial charge in [0.05, 0.1) is 0 Å². The molecule has 0 spiro atoms. The zero-order valence-corrected chi connectivity index (χ0v) is 9.53. The van der Waals surface area contributed by atoms with E-state index in [2.05, 4.69) is 38.0 Å².